The number of carbonyl (C=O) groups is 2. The highest BCUT2D eigenvalue weighted by Gasteiger charge is 2.27. The predicted molar refractivity (Wildman–Crippen MR) is 79.9 cm³/mol. The van der Waals surface area contributed by atoms with Crippen LogP contribution in [0.5, 0.6) is 0 Å². The number of nitrogens with one attached hydrogen (secondary N) is 1. The van der Waals surface area contributed by atoms with Gasteiger partial charge in [0, 0.05) is 11.9 Å². The molecule has 5 N–H and O–H groups in total. The standard InChI is InChI=1S/C12H19N3O2S.ClH/c1-3-12(4-2,7-13)15-11(17)9-5-8(6-18-9)10(14)16;/h5-6H,3-4,7,13H2,1-2H3,(H2,14,16)(H,15,17);1H. The highest BCUT2D eigenvalue weighted by Crippen LogP contribution is 2.18. The lowest BCUT2D eigenvalue weighted by atomic mass is 9.93. The zero-order chi connectivity index (χ0) is 13.8. The molecule has 5 nitrogen and oxygen atoms in total. The molecule has 0 saturated carbocycles. The smallest absolute Gasteiger partial charge is 0.261 e. The van der Waals surface area contributed by atoms with Gasteiger partial charge in [0.1, 0.15) is 0 Å². The van der Waals surface area contributed by atoms with Gasteiger partial charge in [-0.3, -0.25) is 9.59 Å². The largest absolute Gasteiger partial charge is 0.366 e. The third-order valence-corrected chi connectivity index (χ3v) is 4.16. The van der Waals surface area contributed by atoms with Gasteiger partial charge in [-0.2, -0.15) is 0 Å². The van der Waals surface area contributed by atoms with Gasteiger partial charge in [0.25, 0.3) is 5.91 Å². The first kappa shape index (κ1) is 17.9. The molecule has 0 spiro atoms. The van der Waals surface area contributed by atoms with E-state index in [0.717, 1.165) is 12.8 Å². The van der Waals surface area contributed by atoms with Crippen molar-refractivity contribution < 1.29 is 9.59 Å². The van der Waals surface area contributed by atoms with Crippen molar-refractivity contribution in [2.24, 2.45) is 11.5 Å². The lowest BCUT2D eigenvalue weighted by Crippen LogP contribution is -2.52. The summed E-state index contributed by atoms with van der Waals surface area (Å²) in [5, 5.41) is 4.53. The van der Waals surface area contributed by atoms with Crippen LogP contribution in [0.15, 0.2) is 11.4 Å². The number of rotatable bonds is 6. The van der Waals surface area contributed by atoms with E-state index in [-0.39, 0.29) is 23.9 Å². The number of halogens is 1. The van der Waals surface area contributed by atoms with Gasteiger partial charge in [-0.15, -0.1) is 23.7 Å². The Bertz CT molecular complexity index is 436. The van der Waals surface area contributed by atoms with Gasteiger partial charge in [0.05, 0.1) is 16.0 Å². The fourth-order valence-electron chi connectivity index (χ4n) is 1.65. The Balaban J connectivity index is 0.00000324. The molecule has 0 radical (unpaired) electrons. The van der Waals surface area contributed by atoms with Crippen molar-refractivity contribution in [1.29, 1.82) is 0 Å². The Labute approximate surface area is 123 Å². The summed E-state index contributed by atoms with van der Waals surface area (Å²) in [4.78, 5) is 23.5. The van der Waals surface area contributed by atoms with E-state index in [1.807, 2.05) is 13.8 Å². The first-order valence-corrected chi connectivity index (χ1v) is 6.77. The molecule has 0 atom stereocenters. The predicted octanol–water partition coefficient (Wildman–Crippen LogP) is 1.52. The Hall–Kier alpha value is -1.11. The van der Waals surface area contributed by atoms with Crippen LogP contribution in [0, 0.1) is 0 Å². The summed E-state index contributed by atoms with van der Waals surface area (Å²) in [6.07, 6.45) is 1.53. The number of carbonyl (C=O) groups excluding carboxylic acids is 2. The molecule has 0 aliphatic carbocycles. The van der Waals surface area contributed by atoms with E-state index in [9.17, 15) is 9.59 Å². The molecular weight excluding hydrogens is 286 g/mol. The Kier molecular flexibility index (Phi) is 7.04. The van der Waals surface area contributed by atoms with Gasteiger partial charge in [0.2, 0.25) is 5.91 Å². The van der Waals surface area contributed by atoms with E-state index in [1.54, 1.807) is 5.38 Å². The second kappa shape index (κ2) is 7.47. The molecule has 7 heteroatoms. The highest BCUT2D eigenvalue weighted by molar-refractivity contribution is 7.12. The molecule has 0 unspecified atom stereocenters. The topological polar surface area (TPSA) is 98.2 Å². The van der Waals surface area contributed by atoms with Crippen LogP contribution in [0.25, 0.3) is 0 Å². The minimum absolute atomic E-state index is 0. The van der Waals surface area contributed by atoms with E-state index in [1.165, 1.54) is 17.4 Å². The van der Waals surface area contributed by atoms with Gasteiger partial charge in [0.15, 0.2) is 0 Å². The van der Waals surface area contributed by atoms with Crippen molar-refractivity contribution in [1.82, 2.24) is 5.32 Å². The summed E-state index contributed by atoms with van der Waals surface area (Å²) in [6, 6.07) is 1.51. The van der Waals surface area contributed by atoms with Crippen LogP contribution >= 0.6 is 23.7 Å². The summed E-state index contributed by atoms with van der Waals surface area (Å²) >= 11 is 1.20. The summed E-state index contributed by atoms with van der Waals surface area (Å²) in [5.41, 5.74) is 10.8. The van der Waals surface area contributed by atoms with Gasteiger partial charge in [-0.1, -0.05) is 13.8 Å². The normalized spacial score (nSPS) is 10.7. The SMILES string of the molecule is CCC(CC)(CN)NC(=O)c1cc(C(N)=O)cs1.Cl. The molecule has 1 heterocycles. The highest BCUT2D eigenvalue weighted by atomic mass is 35.5. The fourth-order valence-corrected chi connectivity index (χ4v) is 2.44. The summed E-state index contributed by atoms with van der Waals surface area (Å²) < 4.78 is 0. The molecule has 19 heavy (non-hydrogen) atoms. The molecule has 1 aromatic heterocycles. The van der Waals surface area contributed by atoms with E-state index >= 15 is 0 Å². The number of primary amides is 1. The maximum atomic E-state index is 12.1. The molecule has 108 valence electrons. The maximum Gasteiger partial charge on any atom is 0.261 e. The number of nitrogens with two attached hydrogens (primary N) is 2. The second-order valence-electron chi connectivity index (χ2n) is 4.21. The average Bonchev–Trinajstić information content (AvgIpc) is 2.86. The first-order valence-electron chi connectivity index (χ1n) is 5.89. The third-order valence-electron chi connectivity index (χ3n) is 3.23. The quantitative estimate of drug-likeness (QED) is 0.743. The molecule has 0 bridgehead atoms. The van der Waals surface area contributed by atoms with E-state index in [0.29, 0.717) is 17.0 Å². The van der Waals surface area contributed by atoms with Crippen molar-refractivity contribution in [3.8, 4) is 0 Å². The van der Waals surface area contributed by atoms with Crippen LogP contribution in [0.2, 0.25) is 0 Å². The molecule has 0 aliphatic heterocycles. The van der Waals surface area contributed by atoms with Crippen molar-refractivity contribution in [2.75, 3.05) is 6.54 Å². The first-order chi connectivity index (χ1) is 8.48. The molecule has 2 amide bonds. The van der Waals surface area contributed by atoms with Crippen LogP contribution in [-0.2, 0) is 0 Å². The monoisotopic (exact) mass is 305 g/mol. The van der Waals surface area contributed by atoms with E-state index in [2.05, 4.69) is 5.32 Å². The van der Waals surface area contributed by atoms with E-state index < -0.39 is 5.91 Å². The number of hydrogen-bond donors (Lipinski definition) is 3. The minimum atomic E-state index is -0.527. The average molecular weight is 306 g/mol. The number of thiophene rings is 1. The van der Waals surface area contributed by atoms with Crippen LogP contribution < -0.4 is 16.8 Å². The third kappa shape index (κ3) is 4.19. The van der Waals surface area contributed by atoms with Gasteiger partial charge < -0.3 is 16.8 Å². The minimum Gasteiger partial charge on any atom is -0.366 e. The Morgan fingerprint density at radius 1 is 1.37 bits per heavy atom. The van der Waals surface area contributed by atoms with E-state index in [4.69, 9.17) is 11.5 Å². The molecule has 0 saturated heterocycles. The van der Waals surface area contributed by atoms with Crippen LogP contribution in [0.4, 0.5) is 0 Å². The van der Waals surface area contributed by atoms with Crippen molar-refractivity contribution in [2.45, 2.75) is 32.2 Å². The summed E-state index contributed by atoms with van der Waals surface area (Å²) in [6.45, 7) is 4.36. The van der Waals surface area contributed by atoms with Crippen molar-refractivity contribution >= 4 is 35.6 Å². The van der Waals surface area contributed by atoms with Crippen molar-refractivity contribution in [3.63, 3.8) is 0 Å². The molecule has 0 aliphatic rings. The summed E-state index contributed by atoms with van der Waals surface area (Å²) in [7, 11) is 0. The Morgan fingerprint density at radius 2 is 1.95 bits per heavy atom. The van der Waals surface area contributed by atoms with Gasteiger partial charge in [-0.05, 0) is 18.9 Å². The van der Waals surface area contributed by atoms with Crippen LogP contribution in [0.1, 0.15) is 46.7 Å². The Morgan fingerprint density at radius 3 is 2.32 bits per heavy atom. The molecule has 0 fully saturated rings. The van der Waals surface area contributed by atoms with Crippen LogP contribution in [0.3, 0.4) is 0 Å². The zero-order valence-corrected chi connectivity index (χ0v) is 12.7. The van der Waals surface area contributed by atoms with Crippen molar-refractivity contribution in [3.05, 3.63) is 21.9 Å². The van der Waals surface area contributed by atoms with Crippen LogP contribution in [-0.4, -0.2) is 23.9 Å². The second-order valence-corrected chi connectivity index (χ2v) is 5.12. The molecule has 1 aromatic rings. The number of hydrogen-bond acceptors (Lipinski definition) is 4. The lowest BCUT2D eigenvalue weighted by molar-refractivity contribution is 0.0899. The van der Waals surface area contributed by atoms with Gasteiger partial charge >= 0.3 is 0 Å². The lowest BCUT2D eigenvalue weighted by Gasteiger charge is -2.31. The molecule has 0 aromatic carbocycles. The van der Waals surface area contributed by atoms with Gasteiger partial charge in [-0.25, -0.2) is 0 Å². The molecular formula is C12H20ClN3O2S. The maximum absolute atomic E-state index is 12.1. The fraction of sp³-hybridized carbons (Fsp3) is 0.500. The summed E-state index contributed by atoms with van der Waals surface area (Å²) in [5.74, 6) is -0.733. The number of amides is 2. The molecule has 1 rings (SSSR count). The zero-order valence-electron chi connectivity index (χ0n) is 11.1.